The highest BCUT2D eigenvalue weighted by atomic mass is 16.7. The third-order valence-electron chi connectivity index (χ3n) is 4.84. The monoisotopic (exact) mass is 369 g/mol. The highest BCUT2D eigenvalue weighted by Gasteiger charge is 2.16. The third kappa shape index (κ3) is 2.79. The molecule has 28 heavy (non-hydrogen) atoms. The minimum Gasteiger partial charge on any atom is -0.388 e. The van der Waals surface area contributed by atoms with E-state index in [2.05, 4.69) is 65.1 Å². The Hall–Kier alpha value is -3.67. The van der Waals surface area contributed by atoms with Crippen LogP contribution in [-0.2, 0) is 6.61 Å². The minimum absolute atomic E-state index is 0.321. The Labute approximate surface area is 162 Å². The van der Waals surface area contributed by atoms with Gasteiger partial charge in [0.25, 0.3) is 0 Å². The first-order valence-electron chi connectivity index (χ1n) is 9.17. The Morgan fingerprint density at radius 2 is 1.68 bits per heavy atom. The van der Waals surface area contributed by atoms with Crippen molar-refractivity contribution >= 4 is 16.7 Å². The molecule has 3 aromatic heterocycles. The molecule has 0 spiro atoms. The topological polar surface area (TPSA) is 57.2 Å². The Morgan fingerprint density at radius 3 is 2.54 bits per heavy atom. The second kappa shape index (κ2) is 6.49. The first kappa shape index (κ1) is 16.5. The summed E-state index contributed by atoms with van der Waals surface area (Å²) in [5.41, 5.74) is 7.86. The molecule has 138 valence electrons. The fourth-order valence-electron chi connectivity index (χ4n) is 3.35. The van der Waals surface area contributed by atoms with Crippen LogP contribution < -0.4 is 4.84 Å². The van der Waals surface area contributed by atoms with Crippen LogP contribution in [0.5, 0.6) is 0 Å². The number of benzene rings is 2. The van der Waals surface area contributed by atoms with Crippen LogP contribution >= 0.6 is 0 Å². The maximum Gasteiger partial charge on any atom is 0.159 e. The molecule has 0 N–H and O–H groups in total. The first-order valence-corrected chi connectivity index (χ1v) is 9.17. The average molecular weight is 369 g/mol. The summed E-state index contributed by atoms with van der Waals surface area (Å²) in [4.78, 5) is 12.3. The van der Waals surface area contributed by atoms with Crippen LogP contribution in [0.2, 0.25) is 0 Å². The molecule has 5 rings (SSSR count). The molecule has 0 aliphatic carbocycles. The molecule has 0 aliphatic heterocycles. The second-order valence-electron chi connectivity index (χ2n) is 6.93. The van der Waals surface area contributed by atoms with E-state index in [9.17, 15) is 0 Å². The number of nitrogens with zero attached hydrogens (tertiary/aromatic N) is 5. The molecule has 0 saturated carbocycles. The van der Waals surface area contributed by atoms with E-state index < -0.39 is 0 Å². The van der Waals surface area contributed by atoms with Gasteiger partial charge < -0.3 is 4.84 Å². The number of pyridine rings is 1. The smallest absolute Gasteiger partial charge is 0.159 e. The summed E-state index contributed by atoms with van der Waals surface area (Å²) in [5.74, 6) is 0. The molecule has 2 aromatic carbocycles. The van der Waals surface area contributed by atoms with Gasteiger partial charge in [-0.25, -0.2) is 4.98 Å². The maximum absolute atomic E-state index is 6.02. The minimum atomic E-state index is 0.321. The van der Waals surface area contributed by atoms with Gasteiger partial charge in [0.2, 0.25) is 0 Å². The molecule has 0 atom stereocenters. The summed E-state index contributed by atoms with van der Waals surface area (Å²) in [6, 6.07) is 20.2. The summed E-state index contributed by atoms with van der Waals surface area (Å²) in [5, 5.41) is 8.27. The van der Waals surface area contributed by atoms with E-state index in [1.165, 1.54) is 10.4 Å². The van der Waals surface area contributed by atoms with Crippen molar-refractivity contribution in [3.63, 3.8) is 0 Å². The molecule has 0 fully saturated rings. The Bertz CT molecular complexity index is 1280. The van der Waals surface area contributed by atoms with Crippen LogP contribution in [0.15, 0.2) is 66.9 Å². The Morgan fingerprint density at radius 1 is 0.893 bits per heavy atom. The average Bonchev–Trinajstić information content (AvgIpc) is 3.28. The lowest BCUT2D eigenvalue weighted by atomic mass is 10.1. The van der Waals surface area contributed by atoms with Gasteiger partial charge in [-0.05, 0) is 42.8 Å². The van der Waals surface area contributed by atoms with Gasteiger partial charge in [-0.3, -0.25) is 4.40 Å². The zero-order chi connectivity index (χ0) is 19.1. The van der Waals surface area contributed by atoms with Gasteiger partial charge in [0, 0.05) is 11.8 Å². The summed E-state index contributed by atoms with van der Waals surface area (Å²) in [7, 11) is 0. The zero-order valence-electron chi connectivity index (χ0n) is 15.7. The molecule has 0 unspecified atom stereocenters. The lowest BCUT2D eigenvalue weighted by molar-refractivity contribution is 0.0730. The van der Waals surface area contributed by atoms with E-state index in [1.54, 1.807) is 0 Å². The van der Waals surface area contributed by atoms with E-state index in [0.29, 0.717) is 6.61 Å². The molecule has 0 aliphatic rings. The SMILES string of the molecule is Cc1ccc(-c2nc3ccc(C)cn3c2COn2nnc3ccccc32)cc1. The fraction of sp³-hybridized carbons (Fsp3) is 0.136. The fourth-order valence-corrected chi connectivity index (χ4v) is 3.35. The van der Waals surface area contributed by atoms with Crippen molar-refractivity contribution in [1.82, 2.24) is 24.5 Å². The van der Waals surface area contributed by atoms with Crippen LogP contribution in [0.3, 0.4) is 0 Å². The van der Waals surface area contributed by atoms with Crippen LogP contribution in [0, 0.1) is 13.8 Å². The molecule has 0 bridgehead atoms. The summed E-state index contributed by atoms with van der Waals surface area (Å²) in [6.45, 7) is 4.47. The Balaban J connectivity index is 1.59. The largest absolute Gasteiger partial charge is 0.388 e. The van der Waals surface area contributed by atoms with Gasteiger partial charge >= 0.3 is 0 Å². The van der Waals surface area contributed by atoms with Crippen LogP contribution in [0.1, 0.15) is 16.8 Å². The van der Waals surface area contributed by atoms with E-state index in [0.717, 1.165) is 39.2 Å². The third-order valence-corrected chi connectivity index (χ3v) is 4.84. The van der Waals surface area contributed by atoms with Crippen molar-refractivity contribution in [3.8, 4) is 11.3 Å². The molecule has 0 amide bonds. The Kier molecular flexibility index (Phi) is 3.83. The highest BCUT2D eigenvalue weighted by Crippen LogP contribution is 2.26. The van der Waals surface area contributed by atoms with Gasteiger partial charge in [-0.1, -0.05) is 52.9 Å². The quantitative estimate of drug-likeness (QED) is 0.481. The van der Waals surface area contributed by atoms with Crippen molar-refractivity contribution < 1.29 is 4.84 Å². The van der Waals surface area contributed by atoms with Crippen molar-refractivity contribution in [2.24, 2.45) is 0 Å². The first-order chi connectivity index (χ1) is 13.7. The number of hydrogen-bond acceptors (Lipinski definition) is 4. The van der Waals surface area contributed by atoms with E-state index in [-0.39, 0.29) is 0 Å². The lowest BCUT2D eigenvalue weighted by Crippen LogP contribution is -2.14. The predicted molar refractivity (Wildman–Crippen MR) is 108 cm³/mol. The van der Waals surface area contributed by atoms with Crippen LogP contribution in [0.4, 0.5) is 0 Å². The van der Waals surface area contributed by atoms with Gasteiger partial charge in [-0.15, -0.1) is 5.10 Å². The number of aromatic nitrogens is 5. The van der Waals surface area contributed by atoms with Gasteiger partial charge in [-0.2, -0.15) is 0 Å². The lowest BCUT2D eigenvalue weighted by Gasteiger charge is -2.08. The van der Waals surface area contributed by atoms with E-state index in [1.807, 2.05) is 30.3 Å². The van der Waals surface area contributed by atoms with Gasteiger partial charge in [0.1, 0.15) is 16.7 Å². The molecule has 0 radical (unpaired) electrons. The highest BCUT2D eigenvalue weighted by molar-refractivity contribution is 5.73. The molecule has 6 heteroatoms. The van der Waals surface area contributed by atoms with Crippen LogP contribution in [0.25, 0.3) is 27.9 Å². The standard InChI is InChI=1S/C22H19N5O/c1-15-7-10-17(11-8-15)22-20(26-13-16(2)9-12-21(26)23-22)14-28-27-19-6-4-3-5-18(19)24-25-27/h3-13H,14H2,1-2H3. The molecule has 6 nitrogen and oxygen atoms in total. The maximum atomic E-state index is 6.02. The molecule has 0 saturated heterocycles. The second-order valence-corrected chi connectivity index (χ2v) is 6.93. The number of aryl methyl sites for hydroxylation is 2. The van der Waals surface area contributed by atoms with Crippen molar-refractivity contribution in [3.05, 3.63) is 83.7 Å². The van der Waals surface area contributed by atoms with Gasteiger partial charge in [0.05, 0.1) is 11.4 Å². The number of rotatable bonds is 4. The number of imidazole rings is 1. The van der Waals surface area contributed by atoms with Crippen molar-refractivity contribution in [1.29, 1.82) is 0 Å². The molecule has 3 heterocycles. The normalized spacial score (nSPS) is 11.4. The van der Waals surface area contributed by atoms with E-state index in [4.69, 9.17) is 9.82 Å². The molecular weight excluding hydrogens is 350 g/mol. The molecular formula is C22H19N5O. The summed E-state index contributed by atoms with van der Waals surface area (Å²) in [6.07, 6.45) is 2.08. The van der Waals surface area contributed by atoms with Crippen LogP contribution in [-0.4, -0.2) is 24.5 Å². The van der Waals surface area contributed by atoms with Crippen molar-refractivity contribution in [2.45, 2.75) is 20.5 Å². The molecule has 5 aromatic rings. The zero-order valence-corrected chi connectivity index (χ0v) is 15.7. The van der Waals surface area contributed by atoms with Crippen molar-refractivity contribution in [2.75, 3.05) is 0 Å². The summed E-state index contributed by atoms with van der Waals surface area (Å²) >= 11 is 0. The number of hydrogen-bond donors (Lipinski definition) is 0. The number of para-hydroxylation sites is 1. The van der Waals surface area contributed by atoms with Gasteiger partial charge in [0.15, 0.2) is 6.61 Å². The number of fused-ring (bicyclic) bond motifs is 2. The van der Waals surface area contributed by atoms with E-state index >= 15 is 0 Å². The summed E-state index contributed by atoms with van der Waals surface area (Å²) < 4.78 is 2.09. The predicted octanol–water partition coefficient (Wildman–Crippen LogP) is 3.99.